The monoisotopic (exact) mass is 308 g/mol. The van der Waals surface area contributed by atoms with Crippen LogP contribution < -0.4 is 10.1 Å². The molecule has 5 nitrogen and oxygen atoms in total. The van der Waals surface area contributed by atoms with E-state index in [1.807, 2.05) is 42.5 Å². The first-order chi connectivity index (χ1) is 11.2. The zero-order valence-corrected chi connectivity index (χ0v) is 12.7. The molecule has 2 aromatic carbocycles. The van der Waals surface area contributed by atoms with Gasteiger partial charge in [0.05, 0.1) is 19.2 Å². The van der Waals surface area contributed by atoms with Gasteiger partial charge in [0.1, 0.15) is 12.0 Å². The van der Waals surface area contributed by atoms with Gasteiger partial charge in [-0.1, -0.05) is 24.3 Å². The van der Waals surface area contributed by atoms with E-state index in [2.05, 4.69) is 10.3 Å². The van der Waals surface area contributed by atoms with E-state index >= 15 is 0 Å². The van der Waals surface area contributed by atoms with Crippen LogP contribution in [-0.2, 0) is 11.2 Å². The fraction of sp³-hybridized carbons (Fsp3) is 0.111. The SMILES string of the molecule is COc1cccc(NC(=O)Cc2coc(-c3ccccc3)n2)c1. The molecule has 0 saturated carbocycles. The number of amides is 1. The predicted octanol–water partition coefficient (Wildman–Crippen LogP) is 3.53. The highest BCUT2D eigenvalue weighted by Crippen LogP contribution is 2.19. The number of rotatable bonds is 5. The molecule has 0 atom stereocenters. The lowest BCUT2D eigenvalue weighted by Crippen LogP contribution is -2.14. The number of ether oxygens (including phenoxy) is 1. The average molecular weight is 308 g/mol. The molecule has 0 unspecified atom stereocenters. The Hall–Kier alpha value is -3.08. The van der Waals surface area contributed by atoms with Crippen LogP contribution in [0.25, 0.3) is 11.5 Å². The van der Waals surface area contributed by atoms with Crippen molar-refractivity contribution in [3.05, 3.63) is 66.6 Å². The number of nitrogens with one attached hydrogen (secondary N) is 1. The van der Waals surface area contributed by atoms with Crippen molar-refractivity contribution < 1.29 is 13.9 Å². The normalized spacial score (nSPS) is 10.3. The molecule has 1 heterocycles. The van der Waals surface area contributed by atoms with Crippen molar-refractivity contribution in [2.75, 3.05) is 12.4 Å². The Morgan fingerprint density at radius 1 is 1.17 bits per heavy atom. The summed E-state index contributed by atoms with van der Waals surface area (Å²) >= 11 is 0. The molecule has 0 bridgehead atoms. The number of carbonyl (C=O) groups excluding carboxylic acids is 1. The van der Waals surface area contributed by atoms with Gasteiger partial charge >= 0.3 is 0 Å². The molecule has 1 amide bonds. The Morgan fingerprint density at radius 2 is 2.00 bits per heavy atom. The van der Waals surface area contributed by atoms with Crippen molar-refractivity contribution in [1.29, 1.82) is 0 Å². The highest BCUT2D eigenvalue weighted by Gasteiger charge is 2.10. The van der Waals surface area contributed by atoms with Crippen LogP contribution in [-0.4, -0.2) is 18.0 Å². The van der Waals surface area contributed by atoms with Crippen LogP contribution in [0.4, 0.5) is 5.69 Å². The number of hydrogen-bond donors (Lipinski definition) is 1. The minimum absolute atomic E-state index is 0.146. The molecular weight excluding hydrogens is 292 g/mol. The standard InChI is InChI=1S/C18H16N2O3/c1-22-16-9-5-8-14(10-16)19-17(21)11-15-12-23-18(20-15)13-6-3-2-4-7-13/h2-10,12H,11H2,1H3,(H,19,21). The lowest BCUT2D eigenvalue weighted by Gasteiger charge is -2.05. The minimum atomic E-state index is -0.161. The highest BCUT2D eigenvalue weighted by atomic mass is 16.5. The summed E-state index contributed by atoms with van der Waals surface area (Å²) in [6, 6.07) is 16.8. The lowest BCUT2D eigenvalue weighted by atomic mass is 10.2. The molecule has 5 heteroatoms. The van der Waals surface area contributed by atoms with Crippen molar-refractivity contribution in [2.45, 2.75) is 6.42 Å². The van der Waals surface area contributed by atoms with Crippen LogP contribution >= 0.6 is 0 Å². The number of oxazole rings is 1. The van der Waals surface area contributed by atoms with E-state index < -0.39 is 0 Å². The number of methoxy groups -OCH3 is 1. The van der Waals surface area contributed by atoms with Gasteiger partial charge in [0.25, 0.3) is 0 Å². The van der Waals surface area contributed by atoms with Crippen molar-refractivity contribution in [2.24, 2.45) is 0 Å². The number of anilines is 1. The van der Waals surface area contributed by atoms with Gasteiger partial charge < -0.3 is 14.5 Å². The van der Waals surface area contributed by atoms with Gasteiger partial charge in [0, 0.05) is 17.3 Å². The zero-order valence-electron chi connectivity index (χ0n) is 12.7. The molecule has 23 heavy (non-hydrogen) atoms. The van der Waals surface area contributed by atoms with Crippen LogP contribution in [0, 0.1) is 0 Å². The van der Waals surface area contributed by atoms with Crippen LogP contribution in [0.3, 0.4) is 0 Å². The minimum Gasteiger partial charge on any atom is -0.497 e. The second-order valence-electron chi connectivity index (χ2n) is 4.97. The van der Waals surface area contributed by atoms with Crippen LogP contribution in [0.5, 0.6) is 5.75 Å². The Balaban J connectivity index is 1.65. The summed E-state index contributed by atoms with van der Waals surface area (Å²) in [5.41, 5.74) is 2.15. The molecule has 1 N–H and O–H groups in total. The molecule has 0 saturated heterocycles. The van der Waals surface area contributed by atoms with E-state index in [0.717, 1.165) is 5.56 Å². The van der Waals surface area contributed by atoms with E-state index in [1.54, 1.807) is 19.2 Å². The molecule has 0 aliphatic rings. The van der Waals surface area contributed by atoms with Crippen molar-refractivity contribution in [3.63, 3.8) is 0 Å². The summed E-state index contributed by atoms with van der Waals surface area (Å²) in [5.74, 6) is 1.04. The molecule has 3 aromatic rings. The second-order valence-corrected chi connectivity index (χ2v) is 4.97. The van der Waals surface area contributed by atoms with Gasteiger partial charge in [-0.15, -0.1) is 0 Å². The van der Waals surface area contributed by atoms with Gasteiger partial charge in [-0.05, 0) is 24.3 Å². The summed E-state index contributed by atoms with van der Waals surface area (Å²) in [4.78, 5) is 16.4. The molecule has 0 aliphatic carbocycles. The Bertz CT molecular complexity index is 797. The largest absolute Gasteiger partial charge is 0.497 e. The number of benzene rings is 2. The fourth-order valence-electron chi connectivity index (χ4n) is 2.17. The molecule has 0 spiro atoms. The van der Waals surface area contributed by atoms with E-state index in [-0.39, 0.29) is 12.3 Å². The fourth-order valence-corrected chi connectivity index (χ4v) is 2.17. The lowest BCUT2D eigenvalue weighted by molar-refractivity contribution is -0.115. The summed E-state index contributed by atoms with van der Waals surface area (Å²) in [6.45, 7) is 0. The molecule has 1 aromatic heterocycles. The van der Waals surface area contributed by atoms with Crippen molar-refractivity contribution in [3.8, 4) is 17.2 Å². The number of carbonyl (C=O) groups is 1. The van der Waals surface area contributed by atoms with Gasteiger partial charge in [0.15, 0.2) is 0 Å². The second kappa shape index (κ2) is 6.79. The Kier molecular flexibility index (Phi) is 4.38. The van der Waals surface area contributed by atoms with Crippen molar-refractivity contribution >= 4 is 11.6 Å². The van der Waals surface area contributed by atoms with Gasteiger partial charge in [0.2, 0.25) is 11.8 Å². The first-order valence-electron chi connectivity index (χ1n) is 7.18. The van der Waals surface area contributed by atoms with Gasteiger partial charge in [-0.3, -0.25) is 4.79 Å². The molecule has 0 fully saturated rings. The Labute approximate surface area is 133 Å². The smallest absolute Gasteiger partial charge is 0.230 e. The highest BCUT2D eigenvalue weighted by molar-refractivity contribution is 5.92. The first kappa shape index (κ1) is 14.8. The third kappa shape index (κ3) is 3.77. The van der Waals surface area contributed by atoms with Crippen molar-refractivity contribution in [1.82, 2.24) is 4.98 Å². The van der Waals surface area contributed by atoms with Gasteiger partial charge in [-0.2, -0.15) is 0 Å². The topological polar surface area (TPSA) is 64.4 Å². The summed E-state index contributed by atoms with van der Waals surface area (Å²) in [6.07, 6.45) is 1.65. The zero-order chi connectivity index (χ0) is 16.1. The van der Waals surface area contributed by atoms with E-state index in [0.29, 0.717) is 23.0 Å². The Morgan fingerprint density at radius 3 is 2.78 bits per heavy atom. The molecule has 3 rings (SSSR count). The molecule has 0 aliphatic heterocycles. The van der Waals surface area contributed by atoms with E-state index in [9.17, 15) is 4.79 Å². The van der Waals surface area contributed by atoms with Crippen LogP contribution in [0.15, 0.2) is 65.3 Å². The number of aromatic nitrogens is 1. The maximum absolute atomic E-state index is 12.1. The third-order valence-electron chi connectivity index (χ3n) is 3.27. The quantitative estimate of drug-likeness (QED) is 0.783. The maximum Gasteiger partial charge on any atom is 0.230 e. The number of hydrogen-bond acceptors (Lipinski definition) is 4. The predicted molar refractivity (Wildman–Crippen MR) is 87.3 cm³/mol. The molecular formula is C18H16N2O3. The van der Waals surface area contributed by atoms with Crippen LogP contribution in [0.1, 0.15) is 5.69 Å². The first-order valence-corrected chi connectivity index (χ1v) is 7.18. The average Bonchev–Trinajstić information content (AvgIpc) is 3.04. The summed E-state index contributed by atoms with van der Waals surface area (Å²) < 4.78 is 10.6. The van der Waals surface area contributed by atoms with E-state index in [4.69, 9.17) is 9.15 Å². The number of nitrogens with zero attached hydrogens (tertiary/aromatic N) is 1. The van der Waals surface area contributed by atoms with Gasteiger partial charge in [-0.25, -0.2) is 4.98 Å². The summed E-state index contributed by atoms with van der Waals surface area (Å²) in [5, 5.41) is 2.81. The maximum atomic E-state index is 12.1. The van der Waals surface area contributed by atoms with E-state index in [1.165, 1.54) is 6.26 Å². The molecule has 116 valence electrons. The third-order valence-corrected chi connectivity index (χ3v) is 3.27. The molecule has 0 radical (unpaired) electrons. The van der Waals surface area contributed by atoms with Crippen LogP contribution in [0.2, 0.25) is 0 Å². The summed E-state index contributed by atoms with van der Waals surface area (Å²) in [7, 11) is 1.58.